The van der Waals surface area contributed by atoms with E-state index in [4.69, 9.17) is 28.4 Å². The molecule has 0 bridgehead atoms. The Labute approximate surface area is 353 Å². The third-order valence-corrected chi connectivity index (χ3v) is 13.5. The molecule has 16 nitrogen and oxygen atoms in total. The second kappa shape index (κ2) is 18.2. The Kier molecular flexibility index (Phi) is 13.8. The van der Waals surface area contributed by atoms with Crippen LogP contribution < -0.4 is 4.74 Å². The predicted octanol–water partition coefficient (Wildman–Crippen LogP) is 4.55. The number of aromatic nitrogens is 3. The Balaban J connectivity index is 1.22. The summed E-state index contributed by atoms with van der Waals surface area (Å²) in [5.74, 6) is -4.71. The number of methoxy groups -OCH3 is 1. The number of imidazole rings is 1. The van der Waals surface area contributed by atoms with Crippen molar-refractivity contribution in [2.24, 2.45) is 29.6 Å². The zero-order valence-electron chi connectivity index (χ0n) is 37.0. The van der Waals surface area contributed by atoms with Gasteiger partial charge in [0.1, 0.15) is 17.8 Å². The average Bonchev–Trinajstić information content (AvgIpc) is 3.50. The number of esters is 1. The maximum Gasteiger partial charge on any atom is 0.410 e. The Morgan fingerprint density at radius 1 is 0.983 bits per heavy atom. The van der Waals surface area contributed by atoms with Crippen molar-refractivity contribution in [3.63, 3.8) is 0 Å². The van der Waals surface area contributed by atoms with Crippen LogP contribution in [0.5, 0.6) is 5.88 Å². The van der Waals surface area contributed by atoms with Gasteiger partial charge >= 0.3 is 12.1 Å². The highest BCUT2D eigenvalue weighted by molar-refractivity contribution is 6.00. The Morgan fingerprint density at radius 3 is 2.35 bits per heavy atom. The minimum absolute atomic E-state index is 0.135. The van der Waals surface area contributed by atoms with Crippen molar-refractivity contribution in [2.75, 3.05) is 34.4 Å². The number of pyridine rings is 1. The van der Waals surface area contributed by atoms with Crippen molar-refractivity contribution in [1.29, 1.82) is 0 Å². The summed E-state index contributed by atoms with van der Waals surface area (Å²) in [7, 11) is 5.24. The highest BCUT2D eigenvalue weighted by atomic mass is 16.7. The largest absolute Gasteiger partial charge is 0.478 e. The summed E-state index contributed by atoms with van der Waals surface area (Å²) in [5.41, 5.74) is -0.874. The van der Waals surface area contributed by atoms with Crippen molar-refractivity contribution in [3.05, 3.63) is 30.9 Å². The maximum absolute atomic E-state index is 14.7. The molecule has 1 aliphatic carbocycles. The number of aliphatic hydroxyl groups is 1. The molecule has 0 aromatic carbocycles. The highest BCUT2D eigenvalue weighted by Crippen LogP contribution is 2.59. The molecule has 3 aliphatic heterocycles. The van der Waals surface area contributed by atoms with Gasteiger partial charge in [0.25, 0.3) is 0 Å². The summed E-state index contributed by atoms with van der Waals surface area (Å²) in [5, 5.41) is 11.4. The summed E-state index contributed by atoms with van der Waals surface area (Å²) >= 11 is 0. The molecule has 2 aromatic rings. The Bertz CT molecular complexity index is 1860. The molecule has 332 valence electrons. The lowest BCUT2D eigenvalue weighted by atomic mass is 9.75. The van der Waals surface area contributed by atoms with Crippen LogP contribution in [-0.2, 0) is 44.6 Å². The number of hydrogen-bond acceptors (Lipinski definition) is 14. The molecule has 4 aliphatic rings. The van der Waals surface area contributed by atoms with Crippen LogP contribution in [0.2, 0.25) is 0 Å². The number of ketones is 2. The van der Waals surface area contributed by atoms with Gasteiger partial charge in [0.2, 0.25) is 5.88 Å². The molecule has 60 heavy (non-hydrogen) atoms. The number of ether oxygens (including phenoxy) is 6. The van der Waals surface area contributed by atoms with E-state index in [-0.39, 0.29) is 24.3 Å². The molecule has 4 fully saturated rings. The van der Waals surface area contributed by atoms with E-state index in [2.05, 4.69) is 9.97 Å². The van der Waals surface area contributed by atoms with E-state index in [0.29, 0.717) is 44.8 Å². The Morgan fingerprint density at radius 2 is 1.70 bits per heavy atom. The molecule has 1 N–H and O–H groups in total. The molecular weight excluding hydrogens is 775 g/mol. The van der Waals surface area contributed by atoms with Crippen LogP contribution in [0.1, 0.15) is 81.1 Å². The molecule has 3 saturated heterocycles. The lowest BCUT2D eigenvalue weighted by Crippen LogP contribution is -2.59. The molecular formula is C44H65N5O11. The number of nitrogens with zero attached hydrogens (tertiary/aromatic N) is 5. The van der Waals surface area contributed by atoms with Crippen LogP contribution in [-0.4, -0.2) is 141 Å². The van der Waals surface area contributed by atoms with E-state index in [1.54, 1.807) is 38.2 Å². The van der Waals surface area contributed by atoms with Gasteiger partial charge in [-0.2, -0.15) is 0 Å². The second-order valence-electron chi connectivity index (χ2n) is 17.9. The topological polar surface area (TPSA) is 181 Å². The summed E-state index contributed by atoms with van der Waals surface area (Å²) < 4.78 is 38.6. The minimum atomic E-state index is -1.26. The third kappa shape index (κ3) is 8.72. The summed E-state index contributed by atoms with van der Waals surface area (Å²) in [6.45, 7) is 15.7. The van der Waals surface area contributed by atoms with Crippen LogP contribution in [0.4, 0.5) is 4.79 Å². The molecule has 6 rings (SSSR count). The number of carbonyl (C=O) groups is 4. The van der Waals surface area contributed by atoms with Crippen molar-refractivity contribution in [3.8, 4) is 17.1 Å². The van der Waals surface area contributed by atoms with E-state index in [1.165, 1.54) is 14.0 Å². The van der Waals surface area contributed by atoms with E-state index in [0.717, 1.165) is 11.3 Å². The van der Waals surface area contributed by atoms with Crippen LogP contribution in [0, 0.1) is 29.6 Å². The van der Waals surface area contributed by atoms with Crippen LogP contribution in [0.25, 0.3) is 11.3 Å². The Hall–Kier alpha value is -3.96. The number of Topliss-reactive ketones (excluding diaryl/α,β-unsaturated/α-hetero) is 2. The first-order chi connectivity index (χ1) is 28.4. The number of carbonyl (C=O) groups excluding carboxylic acids is 4. The highest BCUT2D eigenvalue weighted by Gasteiger charge is 2.78. The lowest BCUT2D eigenvalue weighted by molar-refractivity contribution is -0.295. The van der Waals surface area contributed by atoms with Gasteiger partial charge in [-0.25, -0.2) is 14.8 Å². The van der Waals surface area contributed by atoms with Crippen LogP contribution in [0.3, 0.4) is 0 Å². The van der Waals surface area contributed by atoms with Gasteiger partial charge in [0, 0.05) is 73.9 Å². The van der Waals surface area contributed by atoms with E-state index in [9.17, 15) is 24.3 Å². The van der Waals surface area contributed by atoms with Gasteiger partial charge in [-0.05, 0) is 73.5 Å². The standard InChI is InChI=1S/C44H65N5O11/c1-12-56-33-16-15-30(21-45-33)31-22-48(23-46-31)17-13-14-18-49-37-26(4)34(50)24(2)20-43(8,55-11)38(59-41-36(52)32(47(9)10)19-25(3)57-41)27(5)35(51)28(6)40(53)58-39-29(7)44(37,39)60-42(49)54/h15-16,21-29,32,36-39,41,52H,12-14,17-20H2,1-11H3/t24-,25-,26+,27+,28-,29?,32+,36-,37-,38-,39-,41?,43+,44+/m1/s1. The maximum atomic E-state index is 14.7. The SMILES string of the molecule is CCOc1ccc(-c2cn(CCCCN3C(=O)O[C@]45C(C)[C@H]4OC(=O)[C@H](C)C(=O)[C@H](C)[C@@H](OC4O[C@H](C)C[C@H](N(C)C)[C@H]4O)[C@@](C)(OC)C[C@@H](C)C(=O)[C@H](C)[C@@H]35)cn2)cn1. The second-order valence-corrected chi connectivity index (χ2v) is 17.9. The van der Waals surface area contributed by atoms with Crippen molar-refractivity contribution in [1.82, 2.24) is 24.3 Å². The molecule has 16 heteroatoms. The van der Waals surface area contributed by atoms with Crippen LogP contribution in [0.15, 0.2) is 30.9 Å². The zero-order chi connectivity index (χ0) is 43.8. The average molecular weight is 840 g/mol. The van der Waals surface area contributed by atoms with Gasteiger partial charge in [0.15, 0.2) is 23.8 Å². The first-order valence-corrected chi connectivity index (χ1v) is 21.5. The smallest absolute Gasteiger partial charge is 0.410 e. The fourth-order valence-corrected chi connectivity index (χ4v) is 9.90. The van der Waals surface area contributed by atoms with Gasteiger partial charge in [-0.15, -0.1) is 0 Å². The number of unbranched alkanes of at least 4 members (excludes halogenated alkanes) is 1. The molecule has 1 saturated carbocycles. The van der Waals surface area contributed by atoms with Gasteiger partial charge < -0.3 is 47.9 Å². The fraction of sp³-hybridized carbons (Fsp3) is 0.727. The number of amides is 1. The first kappa shape index (κ1) is 45.6. The van der Waals surface area contributed by atoms with Crippen molar-refractivity contribution >= 4 is 23.6 Å². The third-order valence-electron chi connectivity index (χ3n) is 13.5. The lowest BCUT2D eigenvalue weighted by Gasteiger charge is -2.46. The number of aliphatic hydroxyl groups excluding tert-OH is 1. The van der Waals surface area contributed by atoms with E-state index >= 15 is 0 Å². The van der Waals surface area contributed by atoms with Crippen LogP contribution >= 0.6 is 0 Å². The predicted molar refractivity (Wildman–Crippen MR) is 219 cm³/mol. The number of aryl methyl sites for hydroxylation is 1. The van der Waals surface area contributed by atoms with Crippen molar-refractivity contribution < 1.29 is 52.7 Å². The monoisotopic (exact) mass is 839 g/mol. The molecule has 5 heterocycles. The number of rotatable bonds is 12. The van der Waals surface area contributed by atoms with E-state index in [1.807, 2.05) is 69.6 Å². The zero-order valence-corrected chi connectivity index (χ0v) is 37.0. The fourth-order valence-electron chi connectivity index (χ4n) is 9.90. The minimum Gasteiger partial charge on any atom is -0.478 e. The number of likely N-dealkylation sites (N-methyl/N-ethyl adjacent to an activating group) is 1. The number of hydrogen-bond donors (Lipinski definition) is 1. The van der Waals surface area contributed by atoms with Crippen molar-refractivity contribution in [2.45, 2.75) is 142 Å². The molecule has 0 radical (unpaired) electrons. The van der Waals surface area contributed by atoms with E-state index < -0.39 is 89.3 Å². The molecule has 1 spiro atoms. The van der Waals surface area contributed by atoms with Gasteiger partial charge in [-0.1, -0.05) is 27.7 Å². The molecule has 1 amide bonds. The quantitative estimate of drug-likeness (QED) is 0.179. The molecule has 2 unspecified atom stereocenters. The molecule has 2 aromatic heterocycles. The van der Waals surface area contributed by atoms with Gasteiger partial charge in [-0.3, -0.25) is 14.4 Å². The summed E-state index contributed by atoms with van der Waals surface area (Å²) in [6.07, 6.45) is 2.55. The molecule has 14 atom stereocenters. The van der Waals surface area contributed by atoms with Gasteiger partial charge in [0.05, 0.1) is 42.5 Å². The summed E-state index contributed by atoms with van der Waals surface area (Å²) in [6, 6.07) is 2.71. The summed E-state index contributed by atoms with van der Waals surface area (Å²) in [4.78, 5) is 69.0. The normalized spacial score (nSPS) is 37.6. The first-order valence-electron chi connectivity index (χ1n) is 21.5.